The number of hydrogen-bond acceptors (Lipinski definition) is 4. The molecule has 0 atom stereocenters. The molecule has 0 bridgehead atoms. The minimum atomic E-state index is -3.59. The number of benzene rings is 2. The molecule has 0 fully saturated rings. The van der Waals surface area contributed by atoms with Crippen LogP contribution in [0.2, 0.25) is 5.02 Å². The second-order valence-corrected chi connectivity index (χ2v) is 7.02. The molecular weight excluding hydrogens is 336 g/mol. The molecule has 2 aromatic carbocycles. The molecule has 118 valence electrons. The van der Waals surface area contributed by atoms with Crippen molar-refractivity contribution in [3.05, 3.63) is 65.4 Å². The number of rotatable bonds is 5. The topological polar surface area (TPSA) is 87.7 Å². The van der Waals surface area contributed by atoms with Gasteiger partial charge in [0.15, 0.2) is 0 Å². The van der Waals surface area contributed by atoms with Gasteiger partial charge >= 0.3 is 0 Å². The molecular formula is C15H13ClN4O2S. The van der Waals surface area contributed by atoms with Crippen LogP contribution in [0.3, 0.4) is 0 Å². The highest BCUT2D eigenvalue weighted by molar-refractivity contribution is 7.89. The number of aromatic amines is 1. The molecule has 0 aliphatic heterocycles. The summed E-state index contributed by atoms with van der Waals surface area (Å²) in [5.41, 5.74) is 2.40. The van der Waals surface area contributed by atoms with Crippen molar-refractivity contribution in [2.24, 2.45) is 0 Å². The van der Waals surface area contributed by atoms with Crippen LogP contribution in [0, 0.1) is 0 Å². The largest absolute Gasteiger partial charge is 0.240 e. The molecule has 2 N–H and O–H groups in total. The lowest BCUT2D eigenvalue weighted by molar-refractivity contribution is 0.580. The van der Waals surface area contributed by atoms with Gasteiger partial charge in [-0.05, 0) is 35.4 Å². The lowest BCUT2D eigenvalue weighted by Gasteiger charge is -2.07. The summed E-state index contributed by atoms with van der Waals surface area (Å²) in [4.78, 5) is 0.193. The van der Waals surface area contributed by atoms with E-state index in [9.17, 15) is 8.42 Å². The maximum Gasteiger partial charge on any atom is 0.240 e. The average molecular weight is 349 g/mol. The molecule has 0 amide bonds. The Kier molecular flexibility index (Phi) is 4.42. The van der Waals surface area contributed by atoms with Gasteiger partial charge in [0.2, 0.25) is 10.0 Å². The zero-order chi connectivity index (χ0) is 16.3. The van der Waals surface area contributed by atoms with E-state index in [1.807, 2.05) is 12.1 Å². The number of aromatic nitrogens is 3. The Bertz CT molecular complexity index is 876. The smallest absolute Gasteiger partial charge is 0.207 e. The Labute approximate surface area is 138 Å². The Hall–Kier alpha value is -2.22. The summed E-state index contributed by atoms with van der Waals surface area (Å²) in [5.74, 6) is 0. The van der Waals surface area contributed by atoms with E-state index in [0.717, 1.165) is 11.1 Å². The number of sulfonamides is 1. The molecule has 3 aromatic rings. The first-order valence-corrected chi connectivity index (χ1v) is 8.61. The molecule has 8 heteroatoms. The second kappa shape index (κ2) is 6.49. The van der Waals surface area contributed by atoms with Crippen LogP contribution in [0.4, 0.5) is 0 Å². The van der Waals surface area contributed by atoms with Crippen molar-refractivity contribution >= 4 is 21.6 Å². The molecule has 0 unspecified atom stereocenters. The number of nitrogens with one attached hydrogen (secondary N) is 2. The molecule has 0 aliphatic carbocycles. The maximum absolute atomic E-state index is 12.2. The van der Waals surface area contributed by atoms with E-state index in [1.54, 1.807) is 36.4 Å². The monoisotopic (exact) mass is 348 g/mol. The molecule has 0 aliphatic rings. The summed E-state index contributed by atoms with van der Waals surface area (Å²) < 4.78 is 26.9. The van der Waals surface area contributed by atoms with Crippen molar-refractivity contribution in [2.45, 2.75) is 11.4 Å². The van der Waals surface area contributed by atoms with E-state index in [-0.39, 0.29) is 11.4 Å². The molecule has 0 saturated carbocycles. The van der Waals surface area contributed by atoms with Crippen molar-refractivity contribution in [2.75, 3.05) is 0 Å². The fourth-order valence-electron chi connectivity index (χ4n) is 2.03. The first kappa shape index (κ1) is 15.7. The van der Waals surface area contributed by atoms with Crippen molar-refractivity contribution in [1.29, 1.82) is 0 Å². The number of nitrogens with zero attached hydrogens (tertiary/aromatic N) is 2. The van der Waals surface area contributed by atoms with Gasteiger partial charge in [0.05, 0.1) is 23.3 Å². The van der Waals surface area contributed by atoms with Crippen LogP contribution in [0.25, 0.3) is 11.1 Å². The highest BCUT2D eigenvalue weighted by atomic mass is 35.5. The van der Waals surface area contributed by atoms with Crippen LogP contribution in [0.1, 0.15) is 5.69 Å². The van der Waals surface area contributed by atoms with Crippen LogP contribution in [0.5, 0.6) is 0 Å². The summed E-state index contributed by atoms with van der Waals surface area (Å²) >= 11 is 5.86. The lowest BCUT2D eigenvalue weighted by Crippen LogP contribution is -2.23. The van der Waals surface area contributed by atoms with E-state index in [1.165, 1.54) is 6.20 Å². The predicted octanol–water partition coefficient (Wildman–Crippen LogP) is 2.60. The van der Waals surface area contributed by atoms with Gasteiger partial charge in [0.1, 0.15) is 0 Å². The summed E-state index contributed by atoms with van der Waals surface area (Å²) in [6.07, 6.45) is 1.46. The molecule has 3 rings (SSSR count). The van der Waals surface area contributed by atoms with E-state index in [0.29, 0.717) is 10.7 Å². The molecule has 0 spiro atoms. The fourth-order valence-corrected chi connectivity index (χ4v) is 3.16. The van der Waals surface area contributed by atoms with E-state index < -0.39 is 10.0 Å². The van der Waals surface area contributed by atoms with Gasteiger partial charge < -0.3 is 0 Å². The van der Waals surface area contributed by atoms with Crippen molar-refractivity contribution in [3.63, 3.8) is 0 Å². The summed E-state index contributed by atoms with van der Waals surface area (Å²) in [7, 11) is -3.59. The third-order valence-corrected chi connectivity index (χ3v) is 4.92. The number of hydrogen-bond donors (Lipinski definition) is 2. The predicted molar refractivity (Wildman–Crippen MR) is 87.3 cm³/mol. The maximum atomic E-state index is 12.2. The Balaban J connectivity index is 1.76. The lowest BCUT2D eigenvalue weighted by atomic mass is 10.1. The van der Waals surface area contributed by atoms with Gasteiger partial charge in [-0.25, -0.2) is 13.1 Å². The number of halogens is 1. The summed E-state index contributed by atoms with van der Waals surface area (Å²) in [5, 5.41) is 10.5. The van der Waals surface area contributed by atoms with Gasteiger partial charge in [-0.2, -0.15) is 15.4 Å². The van der Waals surface area contributed by atoms with Crippen molar-refractivity contribution in [3.8, 4) is 11.1 Å². The molecule has 6 nitrogen and oxygen atoms in total. The van der Waals surface area contributed by atoms with Crippen LogP contribution in [-0.4, -0.2) is 23.8 Å². The van der Waals surface area contributed by atoms with E-state index in [2.05, 4.69) is 20.1 Å². The molecule has 0 radical (unpaired) electrons. The van der Waals surface area contributed by atoms with Gasteiger partial charge in [0.25, 0.3) is 0 Å². The van der Waals surface area contributed by atoms with Gasteiger partial charge in [-0.3, -0.25) is 0 Å². The SMILES string of the molecule is O=S(=O)(NCc1cn[nH]n1)c1ccc(-c2ccc(Cl)cc2)cc1. The second-order valence-electron chi connectivity index (χ2n) is 4.82. The molecule has 1 aromatic heterocycles. The van der Waals surface area contributed by atoms with E-state index in [4.69, 9.17) is 11.6 Å². The normalized spacial score (nSPS) is 11.5. The van der Waals surface area contributed by atoms with Gasteiger partial charge in [0, 0.05) is 5.02 Å². The molecule has 23 heavy (non-hydrogen) atoms. The van der Waals surface area contributed by atoms with Crippen LogP contribution in [-0.2, 0) is 16.6 Å². The molecule has 0 saturated heterocycles. The first-order chi connectivity index (χ1) is 11.0. The van der Waals surface area contributed by atoms with Gasteiger partial charge in [-0.15, -0.1) is 0 Å². The first-order valence-electron chi connectivity index (χ1n) is 6.75. The Morgan fingerprint density at radius 1 is 1.00 bits per heavy atom. The minimum absolute atomic E-state index is 0.0811. The van der Waals surface area contributed by atoms with Crippen molar-refractivity contribution < 1.29 is 8.42 Å². The van der Waals surface area contributed by atoms with Crippen LogP contribution < -0.4 is 4.72 Å². The number of H-pyrrole nitrogens is 1. The minimum Gasteiger partial charge on any atom is -0.207 e. The Morgan fingerprint density at radius 2 is 1.61 bits per heavy atom. The van der Waals surface area contributed by atoms with E-state index >= 15 is 0 Å². The van der Waals surface area contributed by atoms with Crippen LogP contribution >= 0.6 is 11.6 Å². The fraction of sp³-hybridized carbons (Fsp3) is 0.0667. The summed E-state index contributed by atoms with van der Waals surface area (Å²) in [6.45, 7) is 0.0811. The standard InChI is InChI=1S/C15H13ClN4O2S/c16-13-5-1-11(2-6-13)12-3-7-15(8-4-12)23(21,22)18-10-14-9-17-20-19-14/h1-9,18H,10H2,(H,17,19,20). The average Bonchev–Trinajstić information content (AvgIpc) is 3.08. The third-order valence-electron chi connectivity index (χ3n) is 3.25. The molecule has 1 heterocycles. The van der Waals surface area contributed by atoms with Gasteiger partial charge in [-0.1, -0.05) is 35.9 Å². The zero-order valence-electron chi connectivity index (χ0n) is 11.9. The summed E-state index contributed by atoms with van der Waals surface area (Å²) in [6, 6.07) is 14.0. The highest BCUT2D eigenvalue weighted by Crippen LogP contribution is 2.23. The zero-order valence-corrected chi connectivity index (χ0v) is 13.5. The Morgan fingerprint density at radius 3 is 2.17 bits per heavy atom. The van der Waals surface area contributed by atoms with Crippen molar-refractivity contribution in [1.82, 2.24) is 20.1 Å². The quantitative estimate of drug-likeness (QED) is 0.741. The van der Waals surface area contributed by atoms with Crippen LogP contribution in [0.15, 0.2) is 59.6 Å². The highest BCUT2D eigenvalue weighted by Gasteiger charge is 2.14. The third kappa shape index (κ3) is 3.76.